The van der Waals surface area contributed by atoms with Gasteiger partial charge in [-0.15, -0.1) is 0 Å². The van der Waals surface area contributed by atoms with Gasteiger partial charge in [0.25, 0.3) is 5.91 Å². The summed E-state index contributed by atoms with van der Waals surface area (Å²) in [6.07, 6.45) is 2.33. The highest BCUT2D eigenvalue weighted by Gasteiger charge is 2.24. The van der Waals surface area contributed by atoms with Gasteiger partial charge in [0.15, 0.2) is 11.5 Å². The minimum atomic E-state index is -0.139. The first-order valence-corrected chi connectivity index (χ1v) is 8.33. The minimum Gasteiger partial charge on any atom is -0.493 e. The SMILES string of the molecule is CCN1CCC[C@H]1CNC(=O)c1cc(Br)cc(OC)c1O[11CH3]. The van der Waals surface area contributed by atoms with Gasteiger partial charge in [-0.2, -0.15) is 0 Å². The van der Waals surface area contributed by atoms with E-state index in [1.807, 2.05) is 0 Å². The first-order chi connectivity index (χ1) is 10.6. The van der Waals surface area contributed by atoms with Crippen LogP contribution in [0.1, 0.15) is 30.1 Å². The quantitative estimate of drug-likeness (QED) is 0.837. The molecular weight excluding hydrogens is 347 g/mol. The number of ether oxygens (including phenoxy) is 2. The number of nitrogens with zero attached hydrogens (tertiary/aromatic N) is 1. The Labute approximate surface area is 140 Å². The van der Waals surface area contributed by atoms with E-state index in [0.29, 0.717) is 29.6 Å². The average Bonchev–Trinajstić information content (AvgIpc) is 2.99. The third-order valence-corrected chi connectivity index (χ3v) is 4.55. The molecule has 1 N–H and O–H groups in total. The van der Waals surface area contributed by atoms with Crippen molar-refractivity contribution in [2.45, 2.75) is 25.8 Å². The van der Waals surface area contributed by atoms with Crippen LogP contribution >= 0.6 is 15.9 Å². The Bertz CT molecular complexity index is 536. The molecule has 2 rings (SSSR count). The van der Waals surface area contributed by atoms with E-state index in [1.54, 1.807) is 26.4 Å². The van der Waals surface area contributed by atoms with Gasteiger partial charge in [0.2, 0.25) is 0 Å². The third kappa shape index (κ3) is 3.73. The zero-order chi connectivity index (χ0) is 16.1. The number of benzene rings is 1. The fourth-order valence-corrected chi connectivity index (χ4v) is 3.38. The Morgan fingerprint density at radius 3 is 2.82 bits per heavy atom. The summed E-state index contributed by atoms with van der Waals surface area (Å²) in [7, 11) is 3.10. The van der Waals surface area contributed by atoms with E-state index in [1.165, 1.54) is 6.42 Å². The number of rotatable bonds is 6. The van der Waals surface area contributed by atoms with Crippen LogP contribution in [-0.4, -0.2) is 50.7 Å². The number of methoxy groups -OCH3 is 2. The Morgan fingerprint density at radius 2 is 2.18 bits per heavy atom. The van der Waals surface area contributed by atoms with Crippen LogP contribution in [0.4, 0.5) is 0 Å². The second kappa shape index (κ2) is 7.83. The minimum absolute atomic E-state index is 0.139. The Balaban J connectivity index is 2.10. The first kappa shape index (κ1) is 17.1. The van der Waals surface area contributed by atoms with Crippen molar-refractivity contribution in [1.29, 1.82) is 0 Å². The molecule has 0 radical (unpaired) electrons. The molecule has 0 aliphatic carbocycles. The predicted octanol–water partition coefficient (Wildman–Crippen LogP) is 2.68. The maximum Gasteiger partial charge on any atom is 0.255 e. The number of amides is 1. The molecule has 1 aliphatic heterocycles. The van der Waals surface area contributed by atoms with E-state index < -0.39 is 0 Å². The fourth-order valence-electron chi connectivity index (χ4n) is 2.95. The highest BCUT2D eigenvalue weighted by Crippen LogP contribution is 2.34. The zero-order valence-electron chi connectivity index (χ0n) is 13.3. The maximum absolute atomic E-state index is 12.5. The number of likely N-dealkylation sites (tertiary alicyclic amines) is 1. The van der Waals surface area contributed by atoms with E-state index in [4.69, 9.17) is 9.47 Å². The molecule has 6 heteroatoms. The summed E-state index contributed by atoms with van der Waals surface area (Å²) in [4.78, 5) is 14.9. The zero-order valence-corrected chi connectivity index (χ0v) is 14.9. The van der Waals surface area contributed by atoms with Crippen molar-refractivity contribution in [2.75, 3.05) is 33.9 Å². The van der Waals surface area contributed by atoms with Crippen LogP contribution in [0.5, 0.6) is 11.5 Å². The lowest BCUT2D eigenvalue weighted by atomic mass is 10.1. The molecule has 0 saturated carbocycles. The topological polar surface area (TPSA) is 50.8 Å². The predicted molar refractivity (Wildman–Crippen MR) is 89.8 cm³/mol. The second-order valence-electron chi connectivity index (χ2n) is 5.32. The summed E-state index contributed by atoms with van der Waals surface area (Å²) in [6.45, 7) is 4.95. The van der Waals surface area contributed by atoms with Crippen LogP contribution in [0.15, 0.2) is 16.6 Å². The Hall–Kier alpha value is -1.27. The largest absolute Gasteiger partial charge is 0.493 e. The molecule has 5 nitrogen and oxygen atoms in total. The highest BCUT2D eigenvalue weighted by molar-refractivity contribution is 9.10. The number of hydrogen-bond donors (Lipinski definition) is 1. The summed E-state index contributed by atoms with van der Waals surface area (Å²) in [5, 5.41) is 3.02. The van der Waals surface area contributed by atoms with E-state index in [2.05, 4.69) is 33.1 Å². The van der Waals surface area contributed by atoms with Crippen LogP contribution < -0.4 is 14.8 Å². The standard InChI is InChI=1S/C16H23BrN2O3/c1-4-19-7-5-6-12(19)10-18-16(20)13-8-11(17)9-14(21-2)15(13)22-3/h8-9,12H,4-7,10H2,1-3H3,(H,18,20)/t12-/m0/s1/i3-1. The molecule has 0 bridgehead atoms. The van der Waals surface area contributed by atoms with Gasteiger partial charge in [0.1, 0.15) is 0 Å². The maximum atomic E-state index is 12.5. The van der Waals surface area contributed by atoms with Crippen molar-refractivity contribution in [2.24, 2.45) is 0 Å². The molecule has 1 atom stereocenters. The molecule has 1 saturated heterocycles. The summed E-state index contributed by atoms with van der Waals surface area (Å²) in [5.74, 6) is 0.861. The Kier molecular flexibility index (Phi) is 6.08. The van der Waals surface area contributed by atoms with Crippen molar-refractivity contribution in [1.82, 2.24) is 10.2 Å². The van der Waals surface area contributed by atoms with Gasteiger partial charge in [0.05, 0.1) is 19.8 Å². The third-order valence-electron chi connectivity index (χ3n) is 4.09. The van der Waals surface area contributed by atoms with Gasteiger partial charge in [-0.25, -0.2) is 0 Å². The smallest absolute Gasteiger partial charge is 0.255 e. The lowest BCUT2D eigenvalue weighted by Crippen LogP contribution is -2.40. The monoisotopic (exact) mass is 369 g/mol. The van der Waals surface area contributed by atoms with Gasteiger partial charge in [-0.1, -0.05) is 22.9 Å². The summed E-state index contributed by atoms with van der Waals surface area (Å²) in [5.41, 5.74) is 0.481. The molecule has 0 aromatic heterocycles. The van der Waals surface area contributed by atoms with Crippen LogP contribution in [0.2, 0.25) is 0 Å². The number of likely N-dealkylation sites (N-methyl/N-ethyl adjacent to an activating group) is 1. The number of nitrogens with one attached hydrogen (secondary N) is 1. The van der Waals surface area contributed by atoms with Crippen LogP contribution in [-0.2, 0) is 0 Å². The average molecular weight is 370 g/mol. The Morgan fingerprint density at radius 1 is 1.41 bits per heavy atom. The summed E-state index contributed by atoms with van der Waals surface area (Å²) < 4.78 is 11.4. The van der Waals surface area contributed by atoms with Crippen LogP contribution in [0, 0.1) is 0 Å². The molecular formula is C16H23BrN2O3. The molecule has 0 unspecified atom stereocenters. The van der Waals surface area contributed by atoms with Gasteiger partial charge < -0.3 is 14.8 Å². The molecule has 1 heterocycles. The van der Waals surface area contributed by atoms with Crippen molar-refractivity contribution in [3.63, 3.8) is 0 Å². The number of carbonyl (C=O) groups is 1. The van der Waals surface area contributed by atoms with Crippen LogP contribution in [0.3, 0.4) is 0 Å². The normalized spacial score (nSPS) is 18.3. The van der Waals surface area contributed by atoms with Crippen molar-refractivity contribution < 1.29 is 14.3 Å². The van der Waals surface area contributed by atoms with E-state index in [9.17, 15) is 4.79 Å². The molecule has 122 valence electrons. The second-order valence-corrected chi connectivity index (χ2v) is 6.24. The van der Waals surface area contributed by atoms with Gasteiger partial charge in [-0.05, 0) is 38.1 Å². The molecule has 1 fully saturated rings. The highest BCUT2D eigenvalue weighted by atomic mass is 79.9. The van der Waals surface area contributed by atoms with Gasteiger partial charge in [-0.3, -0.25) is 9.69 Å². The van der Waals surface area contributed by atoms with Crippen molar-refractivity contribution in [3.8, 4) is 11.5 Å². The fraction of sp³-hybridized carbons (Fsp3) is 0.562. The number of carbonyl (C=O) groups excluding carboxylic acids is 1. The summed E-state index contributed by atoms with van der Waals surface area (Å²) in [6, 6.07) is 3.96. The van der Waals surface area contributed by atoms with Gasteiger partial charge in [0, 0.05) is 17.1 Å². The first-order valence-electron chi connectivity index (χ1n) is 7.54. The van der Waals surface area contributed by atoms with E-state index in [-0.39, 0.29) is 5.91 Å². The van der Waals surface area contributed by atoms with Crippen molar-refractivity contribution in [3.05, 3.63) is 22.2 Å². The molecule has 1 aliphatic rings. The lowest BCUT2D eigenvalue weighted by Gasteiger charge is -2.23. The summed E-state index contributed by atoms with van der Waals surface area (Å²) >= 11 is 3.40. The van der Waals surface area contributed by atoms with E-state index >= 15 is 0 Å². The molecule has 0 spiro atoms. The van der Waals surface area contributed by atoms with Crippen LogP contribution in [0.25, 0.3) is 0 Å². The molecule has 1 aromatic carbocycles. The van der Waals surface area contributed by atoms with Gasteiger partial charge >= 0.3 is 0 Å². The lowest BCUT2D eigenvalue weighted by molar-refractivity contribution is 0.0937. The number of halogens is 1. The van der Waals surface area contributed by atoms with Crippen molar-refractivity contribution >= 4 is 21.8 Å². The molecule has 1 aromatic rings. The molecule has 22 heavy (non-hydrogen) atoms. The molecule has 1 amide bonds. The number of hydrogen-bond acceptors (Lipinski definition) is 4. The van der Waals surface area contributed by atoms with E-state index in [0.717, 1.165) is 24.0 Å².